The first-order chi connectivity index (χ1) is 8.85. The molecule has 1 saturated carbocycles. The van der Waals surface area contributed by atoms with Gasteiger partial charge in [0.2, 0.25) is 5.91 Å². The Bertz CT molecular complexity index is 440. The van der Waals surface area contributed by atoms with E-state index in [9.17, 15) is 4.79 Å². The van der Waals surface area contributed by atoms with Crippen LogP contribution in [0.4, 0.5) is 0 Å². The monoisotopic (exact) mass is 265 g/mol. The Balaban J connectivity index is 1.94. The highest BCUT2D eigenvalue weighted by molar-refractivity contribution is 5.78. The number of ether oxygens (including phenoxy) is 1. The fourth-order valence-electron chi connectivity index (χ4n) is 1.91. The second kappa shape index (κ2) is 5.37. The van der Waals surface area contributed by atoms with Crippen molar-refractivity contribution < 1.29 is 13.9 Å². The van der Waals surface area contributed by atoms with Crippen LogP contribution >= 0.6 is 0 Å². The molecule has 0 bridgehead atoms. The molecule has 0 unspecified atom stereocenters. The summed E-state index contributed by atoms with van der Waals surface area (Å²) < 4.78 is 11.1. The van der Waals surface area contributed by atoms with Crippen molar-refractivity contribution in [2.24, 2.45) is 0 Å². The number of hydrogen-bond acceptors (Lipinski definition) is 3. The van der Waals surface area contributed by atoms with Gasteiger partial charge in [-0.2, -0.15) is 0 Å². The van der Waals surface area contributed by atoms with Crippen LogP contribution in [0.2, 0.25) is 0 Å². The molecule has 2 rings (SSSR count). The lowest BCUT2D eigenvalue weighted by molar-refractivity contribution is -0.142. The minimum absolute atomic E-state index is 0.0477. The summed E-state index contributed by atoms with van der Waals surface area (Å²) in [4.78, 5) is 14.1. The molecule has 0 aromatic carbocycles. The largest absolute Gasteiger partial charge is 0.464 e. The molecule has 1 aromatic rings. The summed E-state index contributed by atoms with van der Waals surface area (Å²) in [6.45, 7) is 8.47. The minimum atomic E-state index is -0.286. The maximum absolute atomic E-state index is 12.2. The molecule has 1 aliphatic carbocycles. The Morgan fingerprint density at radius 2 is 2.11 bits per heavy atom. The predicted molar refractivity (Wildman–Crippen MR) is 72.7 cm³/mol. The SMILES string of the molecule is Cc1ccc(CN(C(=O)COC(C)(C)C)C2CC2)o1. The Hall–Kier alpha value is -1.29. The van der Waals surface area contributed by atoms with Crippen LogP contribution in [-0.4, -0.2) is 29.1 Å². The first kappa shape index (κ1) is 14.1. The molecule has 0 atom stereocenters. The van der Waals surface area contributed by atoms with E-state index in [1.807, 2.05) is 44.7 Å². The molecule has 0 N–H and O–H groups in total. The van der Waals surface area contributed by atoms with Crippen molar-refractivity contribution in [3.8, 4) is 0 Å². The number of amides is 1. The lowest BCUT2D eigenvalue weighted by Crippen LogP contribution is -2.37. The lowest BCUT2D eigenvalue weighted by atomic mass is 10.2. The van der Waals surface area contributed by atoms with Crippen molar-refractivity contribution in [2.75, 3.05) is 6.61 Å². The van der Waals surface area contributed by atoms with Gasteiger partial charge in [-0.15, -0.1) is 0 Å². The first-order valence-electron chi connectivity index (χ1n) is 6.84. The van der Waals surface area contributed by atoms with Gasteiger partial charge in [0.05, 0.1) is 12.1 Å². The van der Waals surface area contributed by atoms with Crippen molar-refractivity contribution in [3.05, 3.63) is 23.7 Å². The topological polar surface area (TPSA) is 42.7 Å². The fourth-order valence-corrected chi connectivity index (χ4v) is 1.91. The highest BCUT2D eigenvalue weighted by Gasteiger charge is 2.33. The van der Waals surface area contributed by atoms with Gasteiger partial charge >= 0.3 is 0 Å². The number of rotatable bonds is 5. The molecule has 4 heteroatoms. The van der Waals surface area contributed by atoms with Crippen molar-refractivity contribution >= 4 is 5.91 Å². The zero-order valence-corrected chi connectivity index (χ0v) is 12.2. The Kier molecular flexibility index (Phi) is 3.99. The van der Waals surface area contributed by atoms with Crippen LogP contribution in [0.1, 0.15) is 45.1 Å². The minimum Gasteiger partial charge on any atom is -0.464 e. The smallest absolute Gasteiger partial charge is 0.249 e. The van der Waals surface area contributed by atoms with E-state index in [2.05, 4.69) is 0 Å². The summed E-state index contributed by atoms with van der Waals surface area (Å²) in [5.41, 5.74) is -0.286. The number of nitrogens with zero attached hydrogens (tertiary/aromatic N) is 1. The Morgan fingerprint density at radius 3 is 2.58 bits per heavy atom. The third-order valence-corrected chi connectivity index (χ3v) is 3.06. The maximum atomic E-state index is 12.2. The third-order valence-electron chi connectivity index (χ3n) is 3.06. The van der Waals surface area contributed by atoms with E-state index >= 15 is 0 Å². The van der Waals surface area contributed by atoms with Crippen molar-refractivity contribution in [3.63, 3.8) is 0 Å². The second-order valence-corrected chi connectivity index (χ2v) is 6.17. The van der Waals surface area contributed by atoms with Gasteiger partial charge in [0, 0.05) is 6.04 Å². The molecule has 1 aliphatic rings. The Morgan fingerprint density at radius 1 is 1.42 bits per heavy atom. The van der Waals surface area contributed by atoms with Crippen LogP contribution in [0.3, 0.4) is 0 Å². The second-order valence-electron chi connectivity index (χ2n) is 6.17. The molecular formula is C15H23NO3. The predicted octanol–water partition coefficient (Wildman–Crippen LogP) is 2.89. The summed E-state index contributed by atoms with van der Waals surface area (Å²) in [5.74, 6) is 1.77. The van der Waals surface area contributed by atoms with E-state index < -0.39 is 0 Å². The number of aryl methyl sites for hydroxylation is 1. The van der Waals surface area contributed by atoms with Crippen LogP contribution in [-0.2, 0) is 16.1 Å². The van der Waals surface area contributed by atoms with E-state index in [0.29, 0.717) is 12.6 Å². The molecule has 19 heavy (non-hydrogen) atoms. The molecule has 1 aromatic heterocycles. The van der Waals surface area contributed by atoms with Gasteiger partial charge in [0.25, 0.3) is 0 Å². The quantitative estimate of drug-likeness (QED) is 0.822. The fraction of sp³-hybridized carbons (Fsp3) is 0.667. The van der Waals surface area contributed by atoms with Gasteiger partial charge in [-0.05, 0) is 52.7 Å². The standard InChI is InChI=1S/C15H23NO3/c1-11-5-8-13(19-11)9-16(12-6-7-12)14(17)10-18-15(2,3)4/h5,8,12H,6-7,9-10H2,1-4H3. The van der Waals surface area contributed by atoms with Gasteiger partial charge in [0.15, 0.2) is 0 Å². The first-order valence-corrected chi connectivity index (χ1v) is 6.84. The van der Waals surface area contributed by atoms with Crippen LogP contribution in [0.15, 0.2) is 16.5 Å². The average molecular weight is 265 g/mol. The van der Waals surface area contributed by atoms with Crippen molar-refractivity contribution in [1.29, 1.82) is 0 Å². The van der Waals surface area contributed by atoms with E-state index in [0.717, 1.165) is 24.4 Å². The maximum Gasteiger partial charge on any atom is 0.249 e. The highest BCUT2D eigenvalue weighted by Crippen LogP contribution is 2.29. The normalized spacial score (nSPS) is 15.6. The van der Waals surface area contributed by atoms with E-state index in [1.54, 1.807) is 0 Å². The number of hydrogen-bond donors (Lipinski definition) is 0. The van der Waals surface area contributed by atoms with E-state index in [1.165, 1.54) is 0 Å². The third kappa shape index (κ3) is 4.39. The van der Waals surface area contributed by atoms with Gasteiger partial charge in [0.1, 0.15) is 18.1 Å². The average Bonchev–Trinajstić information content (AvgIpc) is 3.06. The van der Waals surface area contributed by atoms with Gasteiger partial charge in [-0.25, -0.2) is 0 Å². The molecule has 0 saturated heterocycles. The molecule has 0 aliphatic heterocycles. The van der Waals surface area contributed by atoms with Gasteiger partial charge in [-0.1, -0.05) is 0 Å². The summed E-state index contributed by atoms with van der Waals surface area (Å²) in [5, 5.41) is 0. The highest BCUT2D eigenvalue weighted by atomic mass is 16.5. The molecule has 1 fully saturated rings. The van der Waals surface area contributed by atoms with E-state index in [-0.39, 0.29) is 18.1 Å². The van der Waals surface area contributed by atoms with Crippen molar-refractivity contribution in [1.82, 2.24) is 4.90 Å². The molecule has 1 amide bonds. The van der Waals surface area contributed by atoms with E-state index in [4.69, 9.17) is 9.15 Å². The number of furan rings is 1. The summed E-state index contributed by atoms with van der Waals surface area (Å²) in [6, 6.07) is 4.22. The molecule has 106 valence electrons. The molecule has 0 spiro atoms. The zero-order valence-electron chi connectivity index (χ0n) is 12.2. The molecule has 4 nitrogen and oxygen atoms in total. The lowest BCUT2D eigenvalue weighted by Gasteiger charge is -2.24. The summed E-state index contributed by atoms with van der Waals surface area (Å²) >= 11 is 0. The van der Waals surface area contributed by atoms with Crippen molar-refractivity contribution in [2.45, 2.75) is 58.7 Å². The number of carbonyl (C=O) groups excluding carboxylic acids is 1. The zero-order chi connectivity index (χ0) is 14.0. The van der Waals surface area contributed by atoms with Crippen LogP contribution in [0, 0.1) is 6.92 Å². The molecule has 0 radical (unpaired) electrons. The number of carbonyl (C=O) groups is 1. The van der Waals surface area contributed by atoms with Gasteiger partial charge in [-0.3, -0.25) is 4.79 Å². The van der Waals surface area contributed by atoms with Gasteiger partial charge < -0.3 is 14.1 Å². The van der Waals surface area contributed by atoms with Crippen LogP contribution in [0.5, 0.6) is 0 Å². The van der Waals surface area contributed by atoms with Crippen LogP contribution < -0.4 is 0 Å². The Labute approximate surface area is 114 Å². The summed E-state index contributed by atoms with van der Waals surface area (Å²) in [6.07, 6.45) is 2.17. The molecular weight excluding hydrogens is 242 g/mol. The van der Waals surface area contributed by atoms with Crippen LogP contribution in [0.25, 0.3) is 0 Å². The molecule has 1 heterocycles. The summed E-state index contributed by atoms with van der Waals surface area (Å²) in [7, 11) is 0.